The van der Waals surface area contributed by atoms with Gasteiger partial charge in [0, 0.05) is 55.7 Å². The second kappa shape index (κ2) is 9.39. The summed E-state index contributed by atoms with van der Waals surface area (Å²) in [4.78, 5) is 30.8. The van der Waals surface area contributed by atoms with Crippen LogP contribution in [0.3, 0.4) is 0 Å². The Morgan fingerprint density at radius 1 is 1.00 bits per heavy atom. The van der Waals surface area contributed by atoms with E-state index in [-0.39, 0.29) is 12.0 Å². The first-order valence-corrected chi connectivity index (χ1v) is 10.9. The number of nitrogens with one attached hydrogen (secondary N) is 1. The van der Waals surface area contributed by atoms with Gasteiger partial charge < -0.3 is 15.0 Å². The molecule has 2 aliphatic rings. The lowest BCUT2D eigenvalue weighted by atomic mass is 10.1. The number of carbonyl (C=O) groups is 2. The Balaban J connectivity index is 1.32. The fourth-order valence-corrected chi connectivity index (χ4v) is 4.07. The maximum absolute atomic E-state index is 12.6. The smallest absolute Gasteiger partial charge is 0.414 e. The number of benzene rings is 2. The molecule has 0 unspecified atom stereocenters. The van der Waals surface area contributed by atoms with E-state index in [0.717, 1.165) is 43.1 Å². The summed E-state index contributed by atoms with van der Waals surface area (Å²) in [5.41, 5.74) is 3.52. The highest BCUT2D eigenvalue weighted by atomic mass is 16.6. The third kappa shape index (κ3) is 4.99. The summed E-state index contributed by atoms with van der Waals surface area (Å²) in [5.74, 6) is -0.109. The van der Waals surface area contributed by atoms with Crippen LogP contribution in [-0.2, 0) is 11.3 Å². The molecule has 2 aromatic rings. The molecule has 7 nitrogen and oxygen atoms in total. The molecule has 0 bridgehead atoms. The zero-order valence-electron chi connectivity index (χ0n) is 18.2. The van der Waals surface area contributed by atoms with Crippen LogP contribution in [0.15, 0.2) is 48.5 Å². The van der Waals surface area contributed by atoms with Gasteiger partial charge in [0.25, 0.3) is 5.91 Å². The summed E-state index contributed by atoms with van der Waals surface area (Å²) < 4.78 is 5.00. The van der Waals surface area contributed by atoms with E-state index in [0.29, 0.717) is 31.3 Å². The molecule has 31 heavy (non-hydrogen) atoms. The molecule has 2 saturated heterocycles. The summed E-state index contributed by atoms with van der Waals surface area (Å²) in [6.45, 7) is 9.96. The first-order chi connectivity index (χ1) is 15.0. The molecule has 1 N–H and O–H groups in total. The zero-order chi connectivity index (χ0) is 21.8. The van der Waals surface area contributed by atoms with Crippen LogP contribution in [0.25, 0.3) is 0 Å². The number of piperazine rings is 1. The Hall–Kier alpha value is -3.06. The predicted octanol–water partition coefficient (Wildman–Crippen LogP) is 3.10. The quantitative estimate of drug-likeness (QED) is 0.775. The predicted molar refractivity (Wildman–Crippen MR) is 122 cm³/mol. The molecule has 2 aromatic carbocycles. The molecule has 4 rings (SSSR count). The second-order valence-electron chi connectivity index (χ2n) is 8.28. The minimum atomic E-state index is -0.327. The summed E-state index contributed by atoms with van der Waals surface area (Å²) in [5, 5.41) is 2.97. The van der Waals surface area contributed by atoms with Gasteiger partial charge in [0.05, 0.1) is 6.54 Å². The van der Waals surface area contributed by atoms with E-state index in [2.05, 4.69) is 29.0 Å². The van der Waals surface area contributed by atoms with Crippen LogP contribution in [0, 0.1) is 0 Å². The number of cyclic esters (lactones) is 1. The number of hydrogen-bond donors (Lipinski definition) is 1. The molecule has 0 aromatic heterocycles. The highest BCUT2D eigenvalue weighted by molar-refractivity contribution is 5.94. The largest absolute Gasteiger partial charge is 0.447 e. The van der Waals surface area contributed by atoms with Gasteiger partial charge >= 0.3 is 6.09 Å². The van der Waals surface area contributed by atoms with Gasteiger partial charge in [-0.1, -0.05) is 12.1 Å². The molecule has 0 atom stereocenters. The van der Waals surface area contributed by atoms with Crippen LogP contribution < -0.4 is 15.1 Å². The molecule has 0 radical (unpaired) electrons. The van der Waals surface area contributed by atoms with Crippen molar-refractivity contribution < 1.29 is 14.3 Å². The summed E-state index contributed by atoms with van der Waals surface area (Å²) >= 11 is 0. The van der Waals surface area contributed by atoms with Gasteiger partial charge in [-0.2, -0.15) is 0 Å². The van der Waals surface area contributed by atoms with E-state index in [4.69, 9.17) is 4.74 Å². The average molecular weight is 423 g/mol. The molecule has 0 aliphatic carbocycles. The summed E-state index contributed by atoms with van der Waals surface area (Å²) in [6.07, 6.45) is -0.327. The van der Waals surface area contributed by atoms with Crippen LogP contribution in [0.4, 0.5) is 16.2 Å². The minimum absolute atomic E-state index is 0.109. The number of rotatable bonds is 6. The Bertz CT molecular complexity index is 921. The third-order valence-electron chi connectivity index (χ3n) is 5.98. The van der Waals surface area contributed by atoms with E-state index in [1.54, 1.807) is 4.90 Å². The molecule has 164 valence electrons. The van der Waals surface area contributed by atoms with Crippen LogP contribution >= 0.6 is 0 Å². The third-order valence-corrected chi connectivity index (χ3v) is 5.98. The Kier molecular flexibility index (Phi) is 6.42. The molecular weight excluding hydrogens is 392 g/mol. The minimum Gasteiger partial charge on any atom is -0.447 e. The van der Waals surface area contributed by atoms with Crippen molar-refractivity contribution in [1.82, 2.24) is 10.2 Å². The van der Waals surface area contributed by atoms with Gasteiger partial charge in [-0.15, -0.1) is 0 Å². The van der Waals surface area contributed by atoms with Crippen molar-refractivity contribution in [2.24, 2.45) is 0 Å². The highest BCUT2D eigenvalue weighted by Crippen LogP contribution is 2.21. The van der Waals surface area contributed by atoms with Gasteiger partial charge in [0.2, 0.25) is 0 Å². The van der Waals surface area contributed by atoms with Gasteiger partial charge in [-0.05, 0) is 55.8 Å². The number of anilines is 2. The fraction of sp³-hybridized carbons (Fsp3) is 0.417. The van der Waals surface area contributed by atoms with Crippen molar-refractivity contribution in [1.29, 1.82) is 0 Å². The Morgan fingerprint density at radius 2 is 1.74 bits per heavy atom. The second-order valence-corrected chi connectivity index (χ2v) is 8.28. The van der Waals surface area contributed by atoms with E-state index in [1.807, 2.05) is 48.5 Å². The molecule has 2 fully saturated rings. The van der Waals surface area contributed by atoms with Crippen LogP contribution in [-0.4, -0.2) is 62.3 Å². The molecular formula is C24H30N4O3. The zero-order valence-corrected chi connectivity index (χ0v) is 18.2. The van der Waals surface area contributed by atoms with Gasteiger partial charge in [0.1, 0.15) is 6.61 Å². The molecule has 2 amide bonds. The maximum Gasteiger partial charge on any atom is 0.414 e. The molecule has 2 aliphatic heterocycles. The number of carbonyl (C=O) groups excluding carboxylic acids is 2. The topological polar surface area (TPSA) is 65.1 Å². The van der Waals surface area contributed by atoms with Gasteiger partial charge in [-0.3, -0.25) is 14.6 Å². The fourth-order valence-electron chi connectivity index (χ4n) is 4.07. The molecule has 7 heteroatoms. The van der Waals surface area contributed by atoms with Crippen molar-refractivity contribution in [2.75, 3.05) is 49.1 Å². The highest BCUT2D eigenvalue weighted by Gasteiger charge is 2.23. The number of amides is 2. The number of hydrogen-bond acceptors (Lipinski definition) is 5. The molecule has 0 spiro atoms. The van der Waals surface area contributed by atoms with Crippen molar-refractivity contribution in [3.05, 3.63) is 59.7 Å². The Morgan fingerprint density at radius 3 is 2.39 bits per heavy atom. The van der Waals surface area contributed by atoms with Crippen molar-refractivity contribution in [3.8, 4) is 0 Å². The maximum atomic E-state index is 12.6. The van der Waals surface area contributed by atoms with E-state index in [1.165, 1.54) is 0 Å². The number of ether oxygens (including phenoxy) is 1. The summed E-state index contributed by atoms with van der Waals surface area (Å²) in [6, 6.07) is 16.0. The SMILES string of the molecule is CC(C)N1CCN(c2ccc(C(=O)NCc3cccc(N4CCOC4=O)c3)cc2)CC1. The first-order valence-electron chi connectivity index (χ1n) is 10.9. The first kappa shape index (κ1) is 21.2. The standard InChI is InChI=1S/C24H30N4O3/c1-18(2)26-10-12-27(13-11-26)21-8-6-20(7-9-21)23(29)25-17-19-4-3-5-22(16-19)28-14-15-31-24(28)30/h3-9,16,18H,10-15,17H2,1-2H3,(H,25,29). The normalized spacial score (nSPS) is 17.2. The van der Waals surface area contributed by atoms with E-state index < -0.39 is 0 Å². The van der Waals surface area contributed by atoms with Crippen LogP contribution in [0.1, 0.15) is 29.8 Å². The molecule has 0 saturated carbocycles. The van der Waals surface area contributed by atoms with Gasteiger partial charge in [-0.25, -0.2) is 4.79 Å². The average Bonchev–Trinajstić information content (AvgIpc) is 3.23. The monoisotopic (exact) mass is 422 g/mol. The lowest BCUT2D eigenvalue weighted by Gasteiger charge is -2.38. The lowest BCUT2D eigenvalue weighted by Crippen LogP contribution is -2.48. The molecule has 2 heterocycles. The van der Waals surface area contributed by atoms with Crippen molar-refractivity contribution >= 4 is 23.4 Å². The summed E-state index contributed by atoms with van der Waals surface area (Å²) in [7, 11) is 0. The lowest BCUT2D eigenvalue weighted by molar-refractivity contribution is 0.0951. The number of nitrogens with zero attached hydrogens (tertiary/aromatic N) is 3. The van der Waals surface area contributed by atoms with E-state index >= 15 is 0 Å². The van der Waals surface area contributed by atoms with Crippen molar-refractivity contribution in [2.45, 2.75) is 26.4 Å². The Labute approximate surface area is 183 Å². The van der Waals surface area contributed by atoms with Gasteiger partial charge in [0.15, 0.2) is 0 Å². The van der Waals surface area contributed by atoms with Crippen molar-refractivity contribution in [3.63, 3.8) is 0 Å². The van der Waals surface area contributed by atoms with Crippen LogP contribution in [0.2, 0.25) is 0 Å². The van der Waals surface area contributed by atoms with E-state index in [9.17, 15) is 9.59 Å². The van der Waals surface area contributed by atoms with Crippen LogP contribution in [0.5, 0.6) is 0 Å².